The van der Waals surface area contributed by atoms with E-state index < -0.39 is 0 Å². The summed E-state index contributed by atoms with van der Waals surface area (Å²) in [5, 5.41) is 7.15. The highest BCUT2D eigenvalue weighted by Gasteiger charge is 2.24. The summed E-state index contributed by atoms with van der Waals surface area (Å²) < 4.78 is 5.08. The minimum Gasteiger partial charge on any atom is -0.361 e. The van der Waals surface area contributed by atoms with E-state index in [2.05, 4.69) is 17.4 Å². The summed E-state index contributed by atoms with van der Waals surface area (Å²) in [5.74, 6) is 0.909. The molecule has 1 aliphatic heterocycles. The van der Waals surface area contributed by atoms with E-state index in [0.29, 0.717) is 6.42 Å². The van der Waals surface area contributed by atoms with Gasteiger partial charge in [-0.1, -0.05) is 5.16 Å². The van der Waals surface area contributed by atoms with E-state index in [1.165, 1.54) is 0 Å². The minimum atomic E-state index is 0. The largest absolute Gasteiger partial charge is 0.361 e. The van der Waals surface area contributed by atoms with Crippen molar-refractivity contribution >= 4 is 18.3 Å². The van der Waals surface area contributed by atoms with Crippen LogP contribution in [0.3, 0.4) is 0 Å². The molecule has 102 valence electrons. The lowest BCUT2D eigenvalue weighted by Crippen LogP contribution is -2.52. The van der Waals surface area contributed by atoms with Gasteiger partial charge in [0.15, 0.2) is 0 Å². The maximum absolute atomic E-state index is 12.2. The highest BCUT2D eigenvalue weighted by Crippen LogP contribution is 2.15. The van der Waals surface area contributed by atoms with Crippen LogP contribution in [0.4, 0.5) is 0 Å². The van der Waals surface area contributed by atoms with Gasteiger partial charge < -0.3 is 14.7 Å². The predicted octanol–water partition coefficient (Wildman–Crippen LogP) is 1.08. The van der Waals surface area contributed by atoms with Gasteiger partial charge in [-0.05, 0) is 20.8 Å². The zero-order valence-electron chi connectivity index (χ0n) is 11.0. The average Bonchev–Trinajstić information content (AvgIpc) is 2.61. The molecule has 1 aromatic heterocycles. The monoisotopic (exact) mass is 273 g/mol. The third-order valence-corrected chi connectivity index (χ3v) is 3.33. The molecule has 0 spiro atoms. The number of hydrogen-bond donors (Lipinski definition) is 1. The SMILES string of the molecule is Cc1noc(C)c1CC(=O)N1CCNC[C@H]1C.Cl. The number of nitrogens with zero attached hydrogens (tertiary/aromatic N) is 2. The Morgan fingerprint density at radius 1 is 1.56 bits per heavy atom. The first-order valence-electron chi connectivity index (χ1n) is 6.01. The molecule has 0 unspecified atom stereocenters. The Morgan fingerprint density at radius 2 is 2.28 bits per heavy atom. The Hall–Kier alpha value is -1.07. The number of carbonyl (C=O) groups excluding carboxylic acids is 1. The second-order valence-corrected chi connectivity index (χ2v) is 4.62. The molecule has 1 aliphatic rings. The van der Waals surface area contributed by atoms with E-state index in [0.717, 1.165) is 36.7 Å². The molecule has 1 amide bonds. The maximum atomic E-state index is 12.2. The van der Waals surface area contributed by atoms with E-state index in [-0.39, 0.29) is 24.4 Å². The lowest BCUT2D eigenvalue weighted by Gasteiger charge is -2.34. The fraction of sp³-hybridized carbons (Fsp3) is 0.667. The minimum absolute atomic E-state index is 0. The second-order valence-electron chi connectivity index (χ2n) is 4.62. The number of halogens is 1. The van der Waals surface area contributed by atoms with Crippen LogP contribution in [-0.4, -0.2) is 41.6 Å². The summed E-state index contributed by atoms with van der Waals surface area (Å²) in [6.45, 7) is 8.32. The molecule has 18 heavy (non-hydrogen) atoms. The number of aromatic nitrogens is 1. The molecule has 1 atom stereocenters. The van der Waals surface area contributed by atoms with Crippen LogP contribution in [0, 0.1) is 13.8 Å². The van der Waals surface area contributed by atoms with E-state index in [1.54, 1.807) is 0 Å². The van der Waals surface area contributed by atoms with Gasteiger partial charge in [0.25, 0.3) is 0 Å². The third kappa shape index (κ3) is 3.03. The quantitative estimate of drug-likeness (QED) is 0.876. The number of carbonyl (C=O) groups is 1. The van der Waals surface area contributed by atoms with Crippen molar-refractivity contribution in [1.29, 1.82) is 0 Å². The standard InChI is InChI=1S/C12H19N3O2.ClH/c1-8-7-13-4-5-15(8)12(16)6-11-9(2)14-17-10(11)3;/h8,13H,4-7H2,1-3H3;1H/t8-;/m1./s1. The van der Waals surface area contributed by atoms with Gasteiger partial charge in [0, 0.05) is 31.2 Å². The zero-order chi connectivity index (χ0) is 12.4. The summed E-state index contributed by atoms with van der Waals surface area (Å²) in [6.07, 6.45) is 0.394. The molecule has 1 saturated heterocycles. The maximum Gasteiger partial charge on any atom is 0.227 e. The highest BCUT2D eigenvalue weighted by molar-refractivity contribution is 5.85. The molecule has 1 N–H and O–H groups in total. The van der Waals surface area contributed by atoms with Crippen molar-refractivity contribution in [1.82, 2.24) is 15.4 Å². The molecule has 2 heterocycles. The van der Waals surface area contributed by atoms with Crippen molar-refractivity contribution < 1.29 is 9.32 Å². The van der Waals surface area contributed by atoms with Crippen molar-refractivity contribution in [2.24, 2.45) is 0 Å². The van der Waals surface area contributed by atoms with Crippen molar-refractivity contribution in [2.45, 2.75) is 33.2 Å². The Bertz CT molecular complexity index is 400. The third-order valence-electron chi connectivity index (χ3n) is 3.33. The van der Waals surface area contributed by atoms with Crippen molar-refractivity contribution in [3.8, 4) is 0 Å². The lowest BCUT2D eigenvalue weighted by molar-refractivity contribution is -0.133. The molecular weight excluding hydrogens is 254 g/mol. The fourth-order valence-electron chi connectivity index (χ4n) is 2.22. The molecular formula is C12H20ClN3O2. The molecule has 0 saturated carbocycles. The number of aryl methyl sites for hydroxylation is 2. The van der Waals surface area contributed by atoms with Crippen LogP contribution in [0.15, 0.2) is 4.52 Å². The molecule has 5 nitrogen and oxygen atoms in total. The highest BCUT2D eigenvalue weighted by atomic mass is 35.5. The number of hydrogen-bond acceptors (Lipinski definition) is 4. The van der Waals surface area contributed by atoms with Crippen LogP contribution in [-0.2, 0) is 11.2 Å². The molecule has 0 aliphatic carbocycles. The van der Waals surface area contributed by atoms with Crippen LogP contribution in [0.5, 0.6) is 0 Å². The first-order chi connectivity index (χ1) is 8.09. The van der Waals surface area contributed by atoms with Crippen LogP contribution in [0.25, 0.3) is 0 Å². The summed E-state index contributed by atoms with van der Waals surface area (Å²) in [4.78, 5) is 14.1. The van der Waals surface area contributed by atoms with E-state index >= 15 is 0 Å². The Morgan fingerprint density at radius 3 is 2.83 bits per heavy atom. The summed E-state index contributed by atoms with van der Waals surface area (Å²) >= 11 is 0. The van der Waals surface area contributed by atoms with Gasteiger partial charge >= 0.3 is 0 Å². The van der Waals surface area contributed by atoms with Gasteiger partial charge in [-0.2, -0.15) is 0 Å². The molecule has 1 fully saturated rings. The number of piperazine rings is 1. The van der Waals surface area contributed by atoms with E-state index in [9.17, 15) is 4.79 Å². The molecule has 0 bridgehead atoms. The van der Waals surface area contributed by atoms with Crippen LogP contribution in [0.2, 0.25) is 0 Å². The van der Waals surface area contributed by atoms with Gasteiger partial charge in [-0.25, -0.2) is 0 Å². The molecule has 0 radical (unpaired) electrons. The van der Waals surface area contributed by atoms with Crippen molar-refractivity contribution in [3.63, 3.8) is 0 Å². The number of amides is 1. The lowest BCUT2D eigenvalue weighted by atomic mass is 10.1. The van der Waals surface area contributed by atoms with Gasteiger partial charge in [-0.15, -0.1) is 12.4 Å². The first kappa shape index (κ1) is 15.0. The molecule has 0 aromatic carbocycles. The molecule has 2 rings (SSSR count). The normalized spacial score (nSPS) is 19.5. The average molecular weight is 274 g/mol. The molecule has 6 heteroatoms. The van der Waals surface area contributed by atoms with Crippen LogP contribution < -0.4 is 5.32 Å². The van der Waals surface area contributed by atoms with Crippen LogP contribution >= 0.6 is 12.4 Å². The topological polar surface area (TPSA) is 58.4 Å². The fourth-order valence-corrected chi connectivity index (χ4v) is 2.22. The Balaban J connectivity index is 0.00000162. The summed E-state index contributed by atoms with van der Waals surface area (Å²) in [7, 11) is 0. The summed E-state index contributed by atoms with van der Waals surface area (Å²) in [5.41, 5.74) is 1.75. The molecule has 1 aromatic rings. The van der Waals surface area contributed by atoms with Crippen molar-refractivity contribution in [3.05, 3.63) is 17.0 Å². The van der Waals surface area contributed by atoms with E-state index in [4.69, 9.17) is 4.52 Å². The van der Waals surface area contributed by atoms with Gasteiger partial charge in [0.2, 0.25) is 5.91 Å². The van der Waals surface area contributed by atoms with Crippen LogP contribution in [0.1, 0.15) is 23.9 Å². The van der Waals surface area contributed by atoms with Gasteiger partial charge in [0.05, 0.1) is 12.1 Å². The zero-order valence-corrected chi connectivity index (χ0v) is 11.8. The number of nitrogens with one attached hydrogen (secondary N) is 1. The van der Waals surface area contributed by atoms with Crippen molar-refractivity contribution in [2.75, 3.05) is 19.6 Å². The Kier molecular flexibility index (Phi) is 5.16. The predicted molar refractivity (Wildman–Crippen MR) is 71.0 cm³/mol. The van der Waals surface area contributed by atoms with Gasteiger partial charge in [-0.3, -0.25) is 4.79 Å². The second kappa shape index (κ2) is 6.20. The van der Waals surface area contributed by atoms with Gasteiger partial charge in [0.1, 0.15) is 5.76 Å². The smallest absolute Gasteiger partial charge is 0.227 e. The van der Waals surface area contributed by atoms with E-state index in [1.807, 2.05) is 18.7 Å². The summed E-state index contributed by atoms with van der Waals surface area (Å²) in [6, 6.07) is 0.261. The first-order valence-corrected chi connectivity index (χ1v) is 6.01. The Labute approximate surface area is 113 Å². The number of rotatable bonds is 2.